The van der Waals surface area contributed by atoms with E-state index in [0.717, 1.165) is 49.1 Å². The molecule has 1 N–H and O–H groups in total. The van der Waals surface area contributed by atoms with E-state index < -0.39 is 36.6 Å². The van der Waals surface area contributed by atoms with E-state index in [0.29, 0.717) is 19.4 Å². The number of carboxylic acid groups (broad SMARTS) is 1. The van der Waals surface area contributed by atoms with Crippen molar-refractivity contribution in [3.05, 3.63) is 93.1 Å². The molecule has 9 nitrogen and oxygen atoms in total. The summed E-state index contributed by atoms with van der Waals surface area (Å²) in [6, 6.07) is 22.2. The molecule has 0 bridgehead atoms. The summed E-state index contributed by atoms with van der Waals surface area (Å²) in [7, 11) is 3.01. The highest BCUT2D eigenvalue weighted by atomic mass is 127. The van der Waals surface area contributed by atoms with Gasteiger partial charge in [0.2, 0.25) is 11.8 Å². The van der Waals surface area contributed by atoms with Crippen molar-refractivity contribution in [2.45, 2.75) is 50.1 Å². The summed E-state index contributed by atoms with van der Waals surface area (Å²) in [6.07, 6.45) is 2.35. The zero-order chi connectivity index (χ0) is 32.1. The van der Waals surface area contributed by atoms with Gasteiger partial charge in [-0.15, -0.1) is 0 Å². The van der Waals surface area contributed by atoms with Crippen LogP contribution in [0, 0.1) is 3.57 Å². The lowest BCUT2D eigenvalue weighted by Gasteiger charge is -2.39. The molecule has 0 aromatic heterocycles. The van der Waals surface area contributed by atoms with E-state index in [9.17, 15) is 24.3 Å². The van der Waals surface area contributed by atoms with Crippen LogP contribution in [0.15, 0.2) is 72.8 Å². The minimum Gasteiger partial charge on any atom is -0.480 e. The lowest BCUT2D eigenvalue weighted by molar-refractivity contribution is -0.151. The van der Waals surface area contributed by atoms with E-state index in [1.165, 1.54) is 11.9 Å². The molecule has 3 aromatic carbocycles. The number of nitrogens with zero attached hydrogens (tertiary/aromatic N) is 3. The Bertz CT molecular complexity index is 1520. The number of ether oxygens (including phenoxy) is 1. The Hall–Kier alpha value is -3.93. The normalized spacial score (nSPS) is 17.0. The van der Waals surface area contributed by atoms with Crippen LogP contribution in [0.1, 0.15) is 48.3 Å². The van der Waals surface area contributed by atoms with E-state index in [4.69, 9.17) is 4.74 Å². The van der Waals surface area contributed by atoms with E-state index in [2.05, 4.69) is 46.9 Å². The molecule has 5 rings (SSSR count). The Labute approximate surface area is 277 Å². The van der Waals surface area contributed by atoms with Crippen LogP contribution in [-0.2, 0) is 25.5 Å². The molecule has 0 unspecified atom stereocenters. The standard InChI is InChI=1S/C35H38IN3O6/c1-37(21-32(40)41)33(42)31(20-23-15-17-24(36)18-16-23)39-19-9-3-4-14-30(34(39)43)38(2)35(44)45-22-29-27-12-7-5-10-25(27)26-11-6-8-13-28(26)29/h5-8,10-13,15-18,29-31H,3-4,9,14,19-22H2,1-2H3,(H,40,41)/t30-,31-/m0/s1. The topological polar surface area (TPSA) is 107 Å². The van der Waals surface area contributed by atoms with Gasteiger partial charge in [-0.05, 0) is 75.4 Å². The first-order valence-corrected chi connectivity index (χ1v) is 16.3. The molecule has 3 aromatic rings. The Morgan fingerprint density at radius 3 is 2.18 bits per heavy atom. The molecule has 45 heavy (non-hydrogen) atoms. The van der Waals surface area contributed by atoms with Gasteiger partial charge in [0.25, 0.3) is 0 Å². The molecule has 10 heteroatoms. The second kappa shape index (κ2) is 14.4. The van der Waals surface area contributed by atoms with Crippen LogP contribution in [0.25, 0.3) is 11.1 Å². The Balaban J connectivity index is 1.35. The highest BCUT2D eigenvalue weighted by Gasteiger charge is 2.39. The number of likely N-dealkylation sites (tertiary alicyclic amines) is 1. The van der Waals surface area contributed by atoms with Crippen molar-refractivity contribution in [3.8, 4) is 11.1 Å². The highest BCUT2D eigenvalue weighted by molar-refractivity contribution is 14.1. The van der Waals surface area contributed by atoms with Crippen LogP contribution >= 0.6 is 22.6 Å². The van der Waals surface area contributed by atoms with Gasteiger partial charge in [0.1, 0.15) is 25.2 Å². The minimum atomic E-state index is -1.13. The van der Waals surface area contributed by atoms with Crippen LogP contribution in [0.5, 0.6) is 0 Å². The number of carbonyl (C=O) groups excluding carboxylic acids is 3. The summed E-state index contributed by atoms with van der Waals surface area (Å²) in [4.78, 5) is 57.0. The number of likely N-dealkylation sites (N-methyl/N-ethyl adjacent to an activating group) is 2. The van der Waals surface area contributed by atoms with Gasteiger partial charge in [-0.1, -0.05) is 73.5 Å². The van der Waals surface area contributed by atoms with Crippen LogP contribution in [0.4, 0.5) is 4.79 Å². The summed E-state index contributed by atoms with van der Waals surface area (Å²) in [5.41, 5.74) is 5.32. The van der Waals surface area contributed by atoms with Crippen molar-refractivity contribution in [3.63, 3.8) is 0 Å². The van der Waals surface area contributed by atoms with Gasteiger partial charge >= 0.3 is 12.1 Å². The van der Waals surface area contributed by atoms with Gasteiger partial charge in [-0.2, -0.15) is 0 Å². The van der Waals surface area contributed by atoms with Gasteiger partial charge in [0.15, 0.2) is 0 Å². The van der Waals surface area contributed by atoms with Crippen LogP contribution in [0.2, 0.25) is 0 Å². The number of amides is 3. The molecule has 1 heterocycles. The first kappa shape index (κ1) is 32.5. The summed E-state index contributed by atoms with van der Waals surface area (Å²) in [6.45, 7) is -0.0155. The van der Waals surface area contributed by atoms with Crippen molar-refractivity contribution in [1.82, 2.24) is 14.7 Å². The predicted molar refractivity (Wildman–Crippen MR) is 179 cm³/mol. The fourth-order valence-corrected chi connectivity index (χ4v) is 6.78. The molecule has 3 amide bonds. The maximum absolute atomic E-state index is 14.3. The lowest BCUT2D eigenvalue weighted by Crippen LogP contribution is -2.58. The average Bonchev–Trinajstić information content (AvgIpc) is 3.34. The quantitative estimate of drug-likeness (QED) is 0.297. The number of aliphatic carboxylic acids is 1. The first-order chi connectivity index (χ1) is 21.7. The second-order valence-electron chi connectivity index (χ2n) is 11.7. The number of halogens is 1. The minimum absolute atomic E-state index is 0.111. The Morgan fingerprint density at radius 1 is 0.933 bits per heavy atom. The molecular weight excluding hydrogens is 685 g/mol. The molecule has 0 radical (unpaired) electrons. The summed E-state index contributed by atoms with van der Waals surface area (Å²) in [5.74, 6) is -2.03. The van der Waals surface area contributed by atoms with Gasteiger partial charge in [-0.3, -0.25) is 19.3 Å². The zero-order valence-electron chi connectivity index (χ0n) is 25.5. The number of carbonyl (C=O) groups is 4. The SMILES string of the molecule is CN(CC(=O)O)C(=O)[C@H](Cc1ccc(I)cc1)N1CCCCC[C@H](N(C)C(=O)OCC2c3ccccc3-c3ccccc32)C1=O. The predicted octanol–water partition coefficient (Wildman–Crippen LogP) is 5.40. The number of benzene rings is 3. The fourth-order valence-electron chi connectivity index (χ4n) is 6.42. The number of hydrogen-bond acceptors (Lipinski definition) is 5. The summed E-state index contributed by atoms with van der Waals surface area (Å²) in [5, 5.41) is 9.36. The van der Waals surface area contributed by atoms with Crippen LogP contribution < -0.4 is 0 Å². The molecule has 1 saturated heterocycles. The zero-order valence-corrected chi connectivity index (χ0v) is 27.7. The van der Waals surface area contributed by atoms with Crippen molar-refractivity contribution >= 4 is 46.5 Å². The first-order valence-electron chi connectivity index (χ1n) is 15.2. The molecule has 2 aliphatic rings. The third-order valence-corrected chi connectivity index (χ3v) is 9.51. The number of hydrogen-bond donors (Lipinski definition) is 1. The van der Waals surface area contributed by atoms with Gasteiger partial charge in [0, 0.05) is 36.5 Å². The molecule has 1 aliphatic heterocycles. The van der Waals surface area contributed by atoms with Gasteiger partial charge in [-0.25, -0.2) is 4.79 Å². The van der Waals surface area contributed by atoms with E-state index in [1.54, 1.807) is 11.9 Å². The van der Waals surface area contributed by atoms with Crippen molar-refractivity contribution in [1.29, 1.82) is 0 Å². The smallest absolute Gasteiger partial charge is 0.410 e. The van der Waals surface area contributed by atoms with Crippen LogP contribution in [0.3, 0.4) is 0 Å². The van der Waals surface area contributed by atoms with Crippen LogP contribution in [-0.4, -0.2) is 89.6 Å². The van der Waals surface area contributed by atoms with Crippen molar-refractivity contribution in [2.24, 2.45) is 0 Å². The molecule has 0 saturated carbocycles. The highest BCUT2D eigenvalue weighted by Crippen LogP contribution is 2.44. The number of carboxylic acids is 1. The molecule has 2 atom stereocenters. The fraction of sp³-hybridized carbons (Fsp3) is 0.371. The number of fused-ring (bicyclic) bond motifs is 3. The third-order valence-electron chi connectivity index (χ3n) is 8.79. The van der Waals surface area contributed by atoms with E-state index in [-0.39, 0.29) is 24.9 Å². The maximum atomic E-state index is 14.3. The Morgan fingerprint density at radius 2 is 1.56 bits per heavy atom. The second-order valence-corrected chi connectivity index (χ2v) is 13.0. The summed E-state index contributed by atoms with van der Waals surface area (Å²) < 4.78 is 6.92. The van der Waals surface area contributed by atoms with Crippen molar-refractivity contribution in [2.75, 3.05) is 33.8 Å². The molecule has 0 spiro atoms. The average molecular weight is 724 g/mol. The van der Waals surface area contributed by atoms with E-state index in [1.807, 2.05) is 48.5 Å². The molecule has 236 valence electrons. The third kappa shape index (κ3) is 7.32. The van der Waals surface area contributed by atoms with Gasteiger partial charge < -0.3 is 19.6 Å². The van der Waals surface area contributed by atoms with Gasteiger partial charge in [0.05, 0.1) is 0 Å². The summed E-state index contributed by atoms with van der Waals surface area (Å²) >= 11 is 2.20. The Kier molecular flexibility index (Phi) is 10.4. The van der Waals surface area contributed by atoms with E-state index >= 15 is 0 Å². The molecule has 1 fully saturated rings. The largest absolute Gasteiger partial charge is 0.480 e. The van der Waals surface area contributed by atoms with Crippen molar-refractivity contribution < 1.29 is 29.0 Å². The maximum Gasteiger partial charge on any atom is 0.410 e. The number of rotatable bonds is 9. The monoisotopic (exact) mass is 723 g/mol. The molecular formula is C35H38IN3O6. The lowest BCUT2D eigenvalue weighted by atomic mass is 9.97. The molecule has 1 aliphatic carbocycles.